The summed E-state index contributed by atoms with van der Waals surface area (Å²) < 4.78 is 11.4. The Hall–Kier alpha value is -2.49. The van der Waals surface area contributed by atoms with Crippen LogP contribution in [0.25, 0.3) is 0 Å². The number of carbonyl (C=O) groups excluding carboxylic acids is 1. The van der Waals surface area contributed by atoms with Gasteiger partial charge in [-0.1, -0.05) is 42.8 Å². The van der Waals surface area contributed by atoms with Gasteiger partial charge >= 0.3 is 0 Å². The number of benzene rings is 2. The molecule has 2 aromatic carbocycles. The highest BCUT2D eigenvalue weighted by molar-refractivity contribution is 5.98. The van der Waals surface area contributed by atoms with Gasteiger partial charge in [-0.15, -0.1) is 0 Å². The van der Waals surface area contributed by atoms with Crippen molar-refractivity contribution in [2.75, 3.05) is 26.3 Å². The van der Waals surface area contributed by atoms with Crippen molar-refractivity contribution in [2.45, 2.75) is 25.2 Å². The number of hydrogen-bond acceptors (Lipinski definition) is 3. The molecule has 1 fully saturated rings. The maximum Gasteiger partial charge on any atom is 0.257 e. The van der Waals surface area contributed by atoms with Gasteiger partial charge in [0.25, 0.3) is 5.91 Å². The van der Waals surface area contributed by atoms with E-state index in [4.69, 9.17) is 9.47 Å². The highest BCUT2D eigenvalue weighted by Crippen LogP contribution is 2.35. The van der Waals surface area contributed by atoms with Crippen molar-refractivity contribution in [3.8, 4) is 11.5 Å². The molecule has 2 aliphatic heterocycles. The zero-order valence-corrected chi connectivity index (χ0v) is 14.3. The highest BCUT2D eigenvalue weighted by atomic mass is 16.6. The molecule has 0 aliphatic carbocycles. The van der Waals surface area contributed by atoms with E-state index in [0.717, 1.165) is 32.4 Å². The summed E-state index contributed by atoms with van der Waals surface area (Å²) in [6.07, 6.45) is 3.32. The van der Waals surface area contributed by atoms with Gasteiger partial charge in [-0.05, 0) is 30.5 Å². The first-order valence-electron chi connectivity index (χ1n) is 9.06. The first-order chi connectivity index (χ1) is 12.3. The zero-order valence-electron chi connectivity index (χ0n) is 14.3. The van der Waals surface area contributed by atoms with Crippen molar-refractivity contribution in [1.29, 1.82) is 0 Å². The molecule has 1 atom stereocenters. The van der Waals surface area contributed by atoms with Crippen LogP contribution in [-0.2, 0) is 0 Å². The molecule has 0 bridgehead atoms. The van der Waals surface area contributed by atoms with Gasteiger partial charge in [0.1, 0.15) is 13.2 Å². The van der Waals surface area contributed by atoms with Crippen LogP contribution in [0.5, 0.6) is 11.5 Å². The molecule has 0 aromatic heterocycles. The number of para-hydroxylation sites is 1. The summed E-state index contributed by atoms with van der Waals surface area (Å²) in [5.74, 6) is 1.71. The fourth-order valence-corrected chi connectivity index (χ4v) is 3.74. The van der Waals surface area contributed by atoms with E-state index in [1.54, 1.807) is 0 Å². The van der Waals surface area contributed by atoms with E-state index >= 15 is 0 Å². The number of likely N-dealkylation sites (tertiary alicyclic amines) is 1. The smallest absolute Gasteiger partial charge is 0.257 e. The summed E-state index contributed by atoms with van der Waals surface area (Å²) in [5, 5.41) is 0. The Bertz CT molecular complexity index is 744. The molecule has 2 aromatic rings. The molecule has 2 aliphatic rings. The van der Waals surface area contributed by atoms with Crippen LogP contribution in [0.1, 0.15) is 41.1 Å². The lowest BCUT2D eigenvalue weighted by Gasteiger charge is -2.27. The highest BCUT2D eigenvalue weighted by Gasteiger charge is 2.27. The fourth-order valence-electron chi connectivity index (χ4n) is 3.74. The van der Waals surface area contributed by atoms with Crippen LogP contribution in [0.15, 0.2) is 48.5 Å². The molecule has 1 amide bonds. The zero-order chi connectivity index (χ0) is 17.1. The second-order valence-electron chi connectivity index (χ2n) is 6.68. The van der Waals surface area contributed by atoms with Gasteiger partial charge in [0, 0.05) is 19.0 Å². The van der Waals surface area contributed by atoms with Crippen molar-refractivity contribution < 1.29 is 14.3 Å². The maximum absolute atomic E-state index is 13.2. The second-order valence-corrected chi connectivity index (χ2v) is 6.68. The summed E-state index contributed by atoms with van der Waals surface area (Å²) in [4.78, 5) is 15.2. The van der Waals surface area contributed by atoms with E-state index in [2.05, 4.69) is 24.3 Å². The average molecular weight is 337 g/mol. The monoisotopic (exact) mass is 337 g/mol. The molecule has 25 heavy (non-hydrogen) atoms. The van der Waals surface area contributed by atoms with Crippen molar-refractivity contribution >= 4 is 5.91 Å². The number of nitrogens with zero attached hydrogens (tertiary/aromatic N) is 1. The molecule has 4 heteroatoms. The second kappa shape index (κ2) is 7.18. The van der Waals surface area contributed by atoms with E-state index in [0.29, 0.717) is 36.2 Å². The largest absolute Gasteiger partial charge is 0.486 e. The summed E-state index contributed by atoms with van der Waals surface area (Å²) >= 11 is 0. The molecular formula is C21H23NO3. The van der Waals surface area contributed by atoms with Gasteiger partial charge < -0.3 is 14.4 Å². The average Bonchev–Trinajstić information content (AvgIpc) is 2.94. The Labute approximate surface area is 148 Å². The Morgan fingerprint density at radius 3 is 2.68 bits per heavy atom. The van der Waals surface area contributed by atoms with Gasteiger partial charge in [0.05, 0.1) is 5.56 Å². The van der Waals surface area contributed by atoms with Crippen molar-refractivity contribution in [2.24, 2.45) is 0 Å². The van der Waals surface area contributed by atoms with Gasteiger partial charge in [-0.2, -0.15) is 0 Å². The summed E-state index contributed by atoms with van der Waals surface area (Å²) in [6.45, 7) is 2.58. The Morgan fingerprint density at radius 2 is 1.80 bits per heavy atom. The minimum absolute atomic E-state index is 0.0465. The lowest BCUT2D eigenvalue weighted by molar-refractivity contribution is 0.0744. The molecule has 1 saturated heterocycles. The van der Waals surface area contributed by atoms with Crippen molar-refractivity contribution in [3.05, 3.63) is 59.7 Å². The third kappa shape index (κ3) is 3.34. The number of carbonyl (C=O) groups is 1. The van der Waals surface area contributed by atoms with Crippen LogP contribution in [0.4, 0.5) is 0 Å². The van der Waals surface area contributed by atoms with Crippen LogP contribution < -0.4 is 9.47 Å². The molecule has 130 valence electrons. The first kappa shape index (κ1) is 16.0. The number of ether oxygens (including phenoxy) is 2. The number of hydrogen-bond donors (Lipinski definition) is 0. The van der Waals surface area contributed by atoms with E-state index < -0.39 is 0 Å². The number of rotatable bonds is 2. The molecule has 0 radical (unpaired) electrons. The number of fused-ring (bicyclic) bond motifs is 1. The van der Waals surface area contributed by atoms with E-state index in [1.807, 2.05) is 29.2 Å². The SMILES string of the molecule is O=C(c1cccc2c1OCCO2)N1CCCCC(c2ccccc2)C1. The predicted octanol–water partition coefficient (Wildman–Crippen LogP) is 3.87. The summed E-state index contributed by atoms with van der Waals surface area (Å²) in [5.41, 5.74) is 1.93. The van der Waals surface area contributed by atoms with Gasteiger partial charge in [-0.3, -0.25) is 4.79 Å². The third-order valence-electron chi connectivity index (χ3n) is 5.03. The molecule has 2 heterocycles. The van der Waals surface area contributed by atoms with Gasteiger partial charge in [0.15, 0.2) is 11.5 Å². The quantitative estimate of drug-likeness (QED) is 0.835. The minimum Gasteiger partial charge on any atom is -0.486 e. The molecule has 4 nitrogen and oxygen atoms in total. The molecule has 0 N–H and O–H groups in total. The van der Waals surface area contributed by atoms with Crippen molar-refractivity contribution in [1.82, 2.24) is 4.90 Å². The van der Waals surface area contributed by atoms with Crippen LogP contribution >= 0.6 is 0 Å². The van der Waals surface area contributed by atoms with Gasteiger partial charge in [0.2, 0.25) is 0 Å². The van der Waals surface area contributed by atoms with Crippen LogP contribution in [0.3, 0.4) is 0 Å². The topological polar surface area (TPSA) is 38.8 Å². The molecule has 4 rings (SSSR count). The summed E-state index contributed by atoms with van der Waals surface area (Å²) in [6, 6.07) is 16.1. The van der Waals surface area contributed by atoms with Crippen LogP contribution in [0.2, 0.25) is 0 Å². The van der Waals surface area contributed by atoms with E-state index in [-0.39, 0.29) is 5.91 Å². The maximum atomic E-state index is 13.2. The summed E-state index contributed by atoms with van der Waals surface area (Å²) in [7, 11) is 0. The van der Waals surface area contributed by atoms with Gasteiger partial charge in [-0.25, -0.2) is 0 Å². The fraction of sp³-hybridized carbons (Fsp3) is 0.381. The lowest BCUT2D eigenvalue weighted by Crippen LogP contribution is -2.34. The van der Waals surface area contributed by atoms with E-state index in [9.17, 15) is 4.79 Å². The molecule has 0 spiro atoms. The third-order valence-corrected chi connectivity index (χ3v) is 5.03. The van der Waals surface area contributed by atoms with Crippen LogP contribution in [0, 0.1) is 0 Å². The Morgan fingerprint density at radius 1 is 0.960 bits per heavy atom. The molecular weight excluding hydrogens is 314 g/mol. The Balaban J connectivity index is 1.59. The lowest BCUT2D eigenvalue weighted by atomic mass is 9.94. The standard InChI is InChI=1S/C21H23NO3/c23-21(18-10-6-11-19-20(18)25-14-13-24-19)22-12-5-4-9-17(15-22)16-7-2-1-3-8-16/h1-3,6-8,10-11,17H,4-5,9,12-15H2. The number of amides is 1. The Kier molecular flexibility index (Phi) is 4.59. The normalized spacial score (nSPS) is 20.0. The predicted molar refractivity (Wildman–Crippen MR) is 96.4 cm³/mol. The minimum atomic E-state index is 0.0465. The van der Waals surface area contributed by atoms with E-state index in [1.165, 1.54) is 5.56 Å². The molecule has 1 unspecified atom stereocenters. The first-order valence-corrected chi connectivity index (χ1v) is 9.06. The molecule has 0 saturated carbocycles. The van der Waals surface area contributed by atoms with Crippen LogP contribution in [-0.4, -0.2) is 37.1 Å². The van der Waals surface area contributed by atoms with Crippen molar-refractivity contribution in [3.63, 3.8) is 0 Å².